The fourth-order valence-electron chi connectivity index (χ4n) is 1.70. The van der Waals surface area contributed by atoms with Gasteiger partial charge in [-0.05, 0) is 14.0 Å². The van der Waals surface area contributed by atoms with E-state index in [1.807, 2.05) is 38.2 Å². The highest BCUT2D eigenvalue weighted by Gasteiger charge is 2.12. The minimum atomic E-state index is 0.00992. The van der Waals surface area contributed by atoms with Gasteiger partial charge in [0.15, 0.2) is 5.78 Å². The van der Waals surface area contributed by atoms with E-state index in [4.69, 9.17) is 0 Å². The fraction of sp³-hybridized carbons (Fsp3) is 0.467. The summed E-state index contributed by atoms with van der Waals surface area (Å²) >= 11 is 0. The number of rotatable bonds is 7. The zero-order chi connectivity index (χ0) is 14.3. The van der Waals surface area contributed by atoms with E-state index in [1.165, 1.54) is 0 Å². The molecule has 1 amide bonds. The van der Waals surface area contributed by atoms with Crippen LogP contribution in [-0.2, 0) is 4.79 Å². The quantitative estimate of drug-likeness (QED) is 0.760. The Hall–Kier alpha value is -1.68. The summed E-state index contributed by atoms with van der Waals surface area (Å²) in [6.07, 6.45) is 0.540. The van der Waals surface area contributed by atoms with Crippen LogP contribution in [0.1, 0.15) is 28.8 Å². The predicted octanol–water partition coefficient (Wildman–Crippen LogP) is 1.64. The van der Waals surface area contributed by atoms with Crippen molar-refractivity contribution in [1.82, 2.24) is 10.2 Å². The first-order chi connectivity index (χ1) is 9.04. The molecule has 0 spiro atoms. The van der Waals surface area contributed by atoms with Crippen molar-refractivity contribution in [1.29, 1.82) is 0 Å². The van der Waals surface area contributed by atoms with Crippen molar-refractivity contribution in [3.63, 3.8) is 0 Å². The van der Waals surface area contributed by atoms with Crippen molar-refractivity contribution in [2.45, 2.75) is 19.8 Å². The lowest BCUT2D eigenvalue weighted by Gasteiger charge is -2.16. The maximum Gasteiger partial charge on any atom is 0.222 e. The number of carbonyl (C=O) groups excluding carboxylic acids is 2. The minimum Gasteiger partial charge on any atom is -0.344 e. The highest BCUT2D eigenvalue weighted by atomic mass is 16.2. The molecule has 1 aromatic carbocycles. The zero-order valence-electron chi connectivity index (χ0n) is 11.9. The number of nitrogens with one attached hydrogen (secondary N) is 1. The van der Waals surface area contributed by atoms with E-state index in [0.717, 1.165) is 12.1 Å². The Morgan fingerprint density at radius 1 is 1.16 bits per heavy atom. The number of Topliss-reactive ketones (excluding diaryl/α,β-unsaturated/α-hetero) is 1. The van der Waals surface area contributed by atoms with Crippen molar-refractivity contribution >= 4 is 11.7 Å². The molecule has 104 valence electrons. The molecule has 0 bridgehead atoms. The van der Waals surface area contributed by atoms with E-state index in [-0.39, 0.29) is 24.5 Å². The summed E-state index contributed by atoms with van der Waals surface area (Å²) in [5, 5.41) is 2.99. The molecule has 4 heteroatoms. The molecule has 0 heterocycles. The van der Waals surface area contributed by atoms with Crippen LogP contribution in [0.5, 0.6) is 0 Å². The summed E-state index contributed by atoms with van der Waals surface area (Å²) in [6, 6.07) is 7.45. The molecule has 0 aromatic heterocycles. The van der Waals surface area contributed by atoms with Crippen LogP contribution in [0, 0.1) is 6.92 Å². The summed E-state index contributed by atoms with van der Waals surface area (Å²) in [6.45, 7) is 3.40. The fourth-order valence-corrected chi connectivity index (χ4v) is 1.70. The molecule has 1 aromatic rings. The Bertz CT molecular complexity index is 426. The Balaban J connectivity index is 2.41. The molecule has 0 unspecified atom stereocenters. The smallest absolute Gasteiger partial charge is 0.222 e. The van der Waals surface area contributed by atoms with Gasteiger partial charge >= 0.3 is 0 Å². The molecular weight excluding hydrogens is 240 g/mol. The van der Waals surface area contributed by atoms with E-state index in [2.05, 4.69) is 5.32 Å². The molecule has 0 aliphatic heterocycles. The third kappa shape index (κ3) is 5.22. The molecule has 1 N–H and O–H groups in total. The zero-order valence-corrected chi connectivity index (χ0v) is 11.9. The Morgan fingerprint density at radius 2 is 1.79 bits per heavy atom. The summed E-state index contributed by atoms with van der Waals surface area (Å²) in [5.74, 6) is 0.0334. The van der Waals surface area contributed by atoms with E-state index in [9.17, 15) is 9.59 Å². The minimum absolute atomic E-state index is 0.00992. The van der Waals surface area contributed by atoms with Crippen molar-refractivity contribution < 1.29 is 9.59 Å². The van der Waals surface area contributed by atoms with E-state index in [1.54, 1.807) is 11.9 Å². The average Bonchev–Trinajstić information content (AvgIpc) is 2.42. The topological polar surface area (TPSA) is 49.4 Å². The highest BCUT2D eigenvalue weighted by molar-refractivity contribution is 5.97. The predicted molar refractivity (Wildman–Crippen MR) is 76.3 cm³/mol. The van der Waals surface area contributed by atoms with Crippen molar-refractivity contribution in [2.24, 2.45) is 0 Å². The number of aryl methyl sites for hydroxylation is 1. The summed E-state index contributed by atoms with van der Waals surface area (Å²) in [7, 11) is 3.61. The Morgan fingerprint density at radius 3 is 2.37 bits per heavy atom. The van der Waals surface area contributed by atoms with Gasteiger partial charge in [-0.1, -0.05) is 29.8 Å². The lowest BCUT2D eigenvalue weighted by Crippen LogP contribution is -2.32. The van der Waals surface area contributed by atoms with Gasteiger partial charge in [0.05, 0.1) is 0 Å². The normalized spacial score (nSPS) is 10.3. The van der Waals surface area contributed by atoms with Crippen molar-refractivity contribution in [2.75, 3.05) is 27.2 Å². The van der Waals surface area contributed by atoms with E-state index < -0.39 is 0 Å². The van der Waals surface area contributed by atoms with Crippen LogP contribution in [-0.4, -0.2) is 43.8 Å². The average molecular weight is 262 g/mol. The van der Waals surface area contributed by atoms with Crippen LogP contribution >= 0.6 is 0 Å². The van der Waals surface area contributed by atoms with Gasteiger partial charge in [0.2, 0.25) is 5.91 Å². The monoisotopic (exact) mass is 262 g/mol. The number of carbonyl (C=O) groups is 2. The number of benzene rings is 1. The third-order valence-electron chi connectivity index (χ3n) is 3.06. The second-order valence-electron chi connectivity index (χ2n) is 4.71. The van der Waals surface area contributed by atoms with Gasteiger partial charge in [-0.25, -0.2) is 0 Å². The molecule has 1 rings (SSSR count). The van der Waals surface area contributed by atoms with Gasteiger partial charge < -0.3 is 10.2 Å². The van der Waals surface area contributed by atoms with Gasteiger partial charge in [-0.2, -0.15) is 0 Å². The summed E-state index contributed by atoms with van der Waals surface area (Å²) < 4.78 is 0. The lowest BCUT2D eigenvalue weighted by atomic mass is 10.0. The number of hydrogen-bond acceptors (Lipinski definition) is 3. The van der Waals surface area contributed by atoms with Crippen LogP contribution in [0.3, 0.4) is 0 Å². The number of amides is 1. The molecule has 0 atom stereocenters. The largest absolute Gasteiger partial charge is 0.344 e. The van der Waals surface area contributed by atoms with E-state index >= 15 is 0 Å². The molecule has 19 heavy (non-hydrogen) atoms. The van der Waals surface area contributed by atoms with Crippen LogP contribution in [0.4, 0.5) is 0 Å². The molecule has 0 aliphatic carbocycles. The molecular formula is C15H22N2O2. The SMILES string of the molecule is CNCCN(C)C(=O)CCC(=O)c1ccc(C)cc1. The molecule has 0 saturated carbocycles. The highest BCUT2D eigenvalue weighted by Crippen LogP contribution is 2.08. The lowest BCUT2D eigenvalue weighted by molar-refractivity contribution is -0.129. The number of nitrogens with zero attached hydrogens (tertiary/aromatic N) is 1. The van der Waals surface area contributed by atoms with E-state index in [0.29, 0.717) is 12.1 Å². The van der Waals surface area contributed by atoms with Crippen LogP contribution in [0.15, 0.2) is 24.3 Å². The van der Waals surface area contributed by atoms with Crippen molar-refractivity contribution in [3.05, 3.63) is 35.4 Å². The molecule has 0 saturated heterocycles. The van der Waals surface area contributed by atoms with Crippen LogP contribution < -0.4 is 5.32 Å². The number of likely N-dealkylation sites (N-methyl/N-ethyl adjacent to an activating group) is 2. The Kier molecular flexibility index (Phi) is 6.22. The number of hydrogen-bond donors (Lipinski definition) is 1. The van der Waals surface area contributed by atoms with Crippen molar-refractivity contribution in [3.8, 4) is 0 Å². The maximum atomic E-state index is 11.9. The van der Waals surface area contributed by atoms with Gasteiger partial charge in [0.25, 0.3) is 0 Å². The maximum absolute atomic E-state index is 11.9. The number of ketones is 1. The van der Waals surface area contributed by atoms with Crippen LogP contribution in [0.2, 0.25) is 0 Å². The van der Waals surface area contributed by atoms with Gasteiger partial charge in [0.1, 0.15) is 0 Å². The van der Waals surface area contributed by atoms with Gasteiger partial charge in [-0.15, -0.1) is 0 Å². The Labute approximate surface area is 114 Å². The second-order valence-corrected chi connectivity index (χ2v) is 4.71. The third-order valence-corrected chi connectivity index (χ3v) is 3.06. The molecule has 0 fully saturated rings. The standard InChI is InChI=1S/C15H22N2O2/c1-12-4-6-13(7-5-12)14(18)8-9-15(19)17(3)11-10-16-2/h4-7,16H,8-11H2,1-3H3. The first-order valence-corrected chi connectivity index (χ1v) is 6.53. The molecule has 0 radical (unpaired) electrons. The first-order valence-electron chi connectivity index (χ1n) is 6.53. The second kappa shape index (κ2) is 7.69. The first kappa shape index (κ1) is 15.4. The molecule has 4 nitrogen and oxygen atoms in total. The molecule has 0 aliphatic rings. The van der Waals surface area contributed by atoms with Gasteiger partial charge in [-0.3, -0.25) is 9.59 Å². The summed E-state index contributed by atoms with van der Waals surface area (Å²) in [5.41, 5.74) is 1.80. The summed E-state index contributed by atoms with van der Waals surface area (Å²) in [4.78, 5) is 25.4. The van der Waals surface area contributed by atoms with Crippen LogP contribution in [0.25, 0.3) is 0 Å². The van der Waals surface area contributed by atoms with Gasteiger partial charge in [0, 0.05) is 38.5 Å².